The van der Waals surface area contributed by atoms with Crippen LogP contribution in [0.3, 0.4) is 0 Å². The molecular weight excluding hydrogens is 200 g/mol. The fourth-order valence-corrected chi connectivity index (χ4v) is 2.91. The van der Waals surface area contributed by atoms with Gasteiger partial charge in [0.1, 0.15) is 5.60 Å². The van der Waals surface area contributed by atoms with E-state index in [1.807, 2.05) is 20.8 Å². The van der Waals surface area contributed by atoms with E-state index in [0.717, 1.165) is 12.8 Å². The summed E-state index contributed by atoms with van der Waals surface area (Å²) in [5, 5.41) is 0. The molecule has 0 saturated heterocycles. The van der Waals surface area contributed by atoms with E-state index in [1.54, 1.807) is 0 Å². The number of rotatable bonds is 1. The second-order valence-corrected chi connectivity index (χ2v) is 7.14. The van der Waals surface area contributed by atoms with Gasteiger partial charge in [0.25, 0.3) is 0 Å². The predicted octanol–water partition coefficient (Wildman–Crippen LogP) is 3.79. The number of hydrogen-bond donors (Lipinski definition) is 0. The standard InChI is InChI=1S/C14H26O2/c1-10-7-11(9-14(5,6)8-10)12(15)16-13(2,3)4/h10-11H,7-9H2,1-6H3. The monoisotopic (exact) mass is 226 g/mol. The van der Waals surface area contributed by atoms with Crippen LogP contribution in [0.2, 0.25) is 0 Å². The lowest BCUT2D eigenvalue weighted by molar-refractivity contribution is -0.163. The SMILES string of the molecule is CC1CC(C(=O)OC(C)(C)C)CC(C)(C)C1. The molecule has 2 heteroatoms. The third kappa shape index (κ3) is 4.15. The van der Waals surface area contributed by atoms with Crippen LogP contribution < -0.4 is 0 Å². The molecule has 1 saturated carbocycles. The van der Waals surface area contributed by atoms with Crippen molar-refractivity contribution in [2.45, 2.75) is 66.4 Å². The van der Waals surface area contributed by atoms with Crippen molar-refractivity contribution < 1.29 is 9.53 Å². The molecule has 1 fully saturated rings. The molecule has 0 spiro atoms. The first-order valence-corrected chi connectivity index (χ1v) is 6.32. The lowest BCUT2D eigenvalue weighted by Gasteiger charge is -2.38. The van der Waals surface area contributed by atoms with Gasteiger partial charge in [-0.25, -0.2) is 0 Å². The lowest BCUT2D eigenvalue weighted by Crippen LogP contribution is -2.36. The first-order valence-electron chi connectivity index (χ1n) is 6.32. The fourth-order valence-electron chi connectivity index (χ4n) is 2.91. The lowest BCUT2D eigenvalue weighted by atomic mass is 9.68. The third-order valence-electron chi connectivity index (χ3n) is 3.13. The highest BCUT2D eigenvalue weighted by Crippen LogP contribution is 2.42. The zero-order valence-electron chi connectivity index (χ0n) is 11.6. The van der Waals surface area contributed by atoms with Crippen molar-refractivity contribution in [3.63, 3.8) is 0 Å². The van der Waals surface area contributed by atoms with E-state index < -0.39 is 0 Å². The van der Waals surface area contributed by atoms with Crippen LogP contribution in [-0.2, 0) is 9.53 Å². The molecular formula is C14H26O2. The van der Waals surface area contributed by atoms with Crippen LogP contribution in [0.15, 0.2) is 0 Å². The Kier molecular flexibility index (Phi) is 3.71. The average Bonchev–Trinajstić information content (AvgIpc) is 1.96. The summed E-state index contributed by atoms with van der Waals surface area (Å²) in [6.45, 7) is 12.5. The second kappa shape index (κ2) is 4.38. The maximum Gasteiger partial charge on any atom is 0.309 e. The van der Waals surface area contributed by atoms with E-state index >= 15 is 0 Å². The maximum atomic E-state index is 12.0. The summed E-state index contributed by atoms with van der Waals surface area (Å²) in [5.41, 5.74) is -0.0822. The zero-order valence-corrected chi connectivity index (χ0v) is 11.6. The molecule has 0 aliphatic heterocycles. The summed E-state index contributed by atoms with van der Waals surface area (Å²) < 4.78 is 5.48. The Labute approximate surface area is 99.8 Å². The molecule has 2 unspecified atom stereocenters. The van der Waals surface area contributed by atoms with E-state index in [-0.39, 0.29) is 22.9 Å². The Morgan fingerprint density at radius 2 is 1.81 bits per heavy atom. The van der Waals surface area contributed by atoms with Crippen molar-refractivity contribution in [3.05, 3.63) is 0 Å². The Morgan fingerprint density at radius 1 is 1.25 bits per heavy atom. The molecule has 1 aliphatic rings. The van der Waals surface area contributed by atoms with Crippen LogP contribution in [0.4, 0.5) is 0 Å². The summed E-state index contributed by atoms with van der Waals surface area (Å²) in [6.07, 6.45) is 3.16. The third-order valence-corrected chi connectivity index (χ3v) is 3.13. The van der Waals surface area contributed by atoms with Gasteiger partial charge >= 0.3 is 5.97 Å². The number of carbonyl (C=O) groups is 1. The molecule has 0 amide bonds. The molecule has 0 N–H and O–H groups in total. The summed E-state index contributed by atoms with van der Waals surface area (Å²) in [6, 6.07) is 0. The number of esters is 1. The minimum absolute atomic E-state index is 0.00729. The molecule has 94 valence electrons. The summed E-state index contributed by atoms with van der Waals surface area (Å²) in [5.74, 6) is 0.714. The molecule has 2 nitrogen and oxygen atoms in total. The number of carbonyl (C=O) groups excluding carboxylic acids is 1. The normalized spacial score (nSPS) is 29.9. The van der Waals surface area contributed by atoms with Crippen LogP contribution in [0.5, 0.6) is 0 Å². The van der Waals surface area contributed by atoms with Gasteiger partial charge in [0.2, 0.25) is 0 Å². The average molecular weight is 226 g/mol. The predicted molar refractivity (Wildman–Crippen MR) is 66.1 cm³/mol. The molecule has 0 bridgehead atoms. The van der Waals surface area contributed by atoms with Crippen molar-refractivity contribution in [3.8, 4) is 0 Å². The van der Waals surface area contributed by atoms with Crippen LogP contribution in [0.1, 0.15) is 60.8 Å². The van der Waals surface area contributed by atoms with Crippen LogP contribution in [0.25, 0.3) is 0 Å². The van der Waals surface area contributed by atoms with Gasteiger partial charge in [-0.1, -0.05) is 20.8 Å². The summed E-state index contributed by atoms with van der Waals surface area (Å²) in [7, 11) is 0. The molecule has 0 radical (unpaired) electrons. The van der Waals surface area contributed by atoms with E-state index in [1.165, 1.54) is 6.42 Å². The summed E-state index contributed by atoms with van der Waals surface area (Å²) in [4.78, 5) is 12.0. The van der Waals surface area contributed by atoms with Gasteiger partial charge in [-0.2, -0.15) is 0 Å². The molecule has 0 aromatic rings. The highest BCUT2D eigenvalue weighted by molar-refractivity contribution is 5.73. The van der Waals surface area contributed by atoms with Crippen LogP contribution in [-0.4, -0.2) is 11.6 Å². The Morgan fingerprint density at radius 3 is 2.25 bits per heavy atom. The van der Waals surface area contributed by atoms with E-state index in [4.69, 9.17) is 4.74 Å². The van der Waals surface area contributed by atoms with Gasteiger partial charge < -0.3 is 4.74 Å². The van der Waals surface area contributed by atoms with Gasteiger partial charge in [0.05, 0.1) is 5.92 Å². The molecule has 0 heterocycles. The molecule has 1 aliphatic carbocycles. The summed E-state index contributed by atoms with van der Waals surface area (Å²) >= 11 is 0. The Hall–Kier alpha value is -0.530. The molecule has 0 aromatic heterocycles. The van der Waals surface area contributed by atoms with Gasteiger partial charge in [0.15, 0.2) is 0 Å². The molecule has 1 rings (SSSR count). The van der Waals surface area contributed by atoms with Crippen molar-refractivity contribution in [2.75, 3.05) is 0 Å². The maximum absolute atomic E-state index is 12.0. The molecule has 16 heavy (non-hydrogen) atoms. The quantitative estimate of drug-likeness (QED) is 0.636. The smallest absolute Gasteiger partial charge is 0.309 e. The van der Waals surface area contributed by atoms with E-state index in [0.29, 0.717) is 5.92 Å². The van der Waals surface area contributed by atoms with Crippen molar-refractivity contribution in [1.82, 2.24) is 0 Å². The van der Waals surface area contributed by atoms with Gasteiger partial charge in [-0.15, -0.1) is 0 Å². The number of hydrogen-bond acceptors (Lipinski definition) is 2. The largest absolute Gasteiger partial charge is 0.460 e. The highest BCUT2D eigenvalue weighted by atomic mass is 16.6. The minimum atomic E-state index is -0.359. The van der Waals surface area contributed by atoms with Crippen LogP contribution >= 0.6 is 0 Å². The first-order chi connectivity index (χ1) is 7.09. The highest BCUT2D eigenvalue weighted by Gasteiger charge is 2.37. The topological polar surface area (TPSA) is 26.3 Å². The van der Waals surface area contributed by atoms with Gasteiger partial charge in [0, 0.05) is 0 Å². The van der Waals surface area contributed by atoms with Gasteiger partial charge in [-0.3, -0.25) is 4.79 Å². The second-order valence-electron chi connectivity index (χ2n) is 7.14. The van der Waals surface area contributed by atoms with Gasteiger partial charge in [-0.05, 0) is 51.4 Å². The molecule has 0 aromatic carbocycles. The first kappa shape index (κ1) is 13.5. The van der Waals surface area contributed by atoms with Crippen molar-refractivity contribution >= 4 is 5.97 Å². The minimum Gasteiger partial charge on any atom is -0.460 e. The van der Waals surface area contributed by atoms with Crippen LogP contribution in [0, 0.1) is 17.3 Å². The Bertz CT molecular complexity index is 260. The number of ether oxygens (including phenoxy) is 1. The molecule has 2 atom stereocenters. The zero-order chi connectivity index (χ0) is 12.6. The van der Waals surface area contributed by atoms with Crippen molar-refractivity contribution in [2.24, 2.45) is 17.3 Å². The van der Waals surface area contributed by atoms with E-state index in [9.17, 15) is 4.79 Å². The fraction of sp³-hybridized carbons (Fsp3) is 0.929. The van der Waals surface area contributed by atoms with E-state index in [2.05, 4.69) is 20.8 Å². The Balaban J connectivity index is 2.63. The van der Waals surface area contributed by atoms with Crippen molar-refractivity contribution in [1.29, 1.82) is 0 Å².